The maximum atomic E-state index is 11.3. The van der Waals surface area contributed by atoms with Gasteiger partial charge >= 0.3 is 0 Å². The predicted molar refractivity (Wildman–Crippen MR) is 80.8 cm³/mol. The average Bonchev–Trinajstić information content (AvgIpc) is 2.48. The lowest BCUT2D eigenvalue weighted by Gasteiger charge is -2.08. The summed E-state index contributed by atoms with van der Waals surface area (Å²) in [6.45, 7) is 0.711. The largest absolute Gasteiger partial charge is 0.380 e. The van der Waals surface area contributed by atoms with Crippen molar-refractivity contribution in [2.75, 3.05) is 5.32 Å². The molecule has 2 aromatic heterocycles. The average molecular weight is 265 g/mol. The quantitative estimate of drug-likeness (QED) is 0.791. The summed E-state index contributed by atoms with van der Waals surface area (Å²) in [5.74, 6) is 0. The van der Waals surface area contributed by atoms with Gasteiger partial charge < -0.3 is 9.88 Å². The van der Waals surface area contributed by atoms with Gasteiger partial charge in [0.2, 0.25) is 5.56 Å². The highest BCUT2D eigenvalue weighted by Gasteiger charge is 1.98. The molecule has 0 spiro atoms. The van der Waals surface area contributed by atoms with Gasteiger partial charge in [-0.1, -0.05) is 12.1 Å². The van der Waals surface area contributed by atoms with Gasteiger partial charge in [0.25, 0.3) is 0 Å². The van der Waals surface area contributed by atoms with Crippen molar-refractivity contribution < 1.29 is 0 Å². The highest BCUT2D eigenvalue weighted by atomic mass is 16.1. The molecule has 0 saturated carbocycles. The Balaban J connectivity index is 1.79. The molecule has 0 aliphatic carbocycles. The maximum absolute atomic E-state index is 11.3. The SMILES string of the molecule is Cn1cc(NCc2ccc3ncccc3c2)ccc1=O. The lowest BCUT2D eigenvalue weighted by molar-refractivity contribution is 0.859. The summed E-state index contributed by atoms with van der Waals surface area (Å²) in [4.78, 5) is 15.6. The zero-order valence-electron chi connectivity index (χ0n) is 11.2. The predicted octanol–water partition coefficient (Wildman–Crippen LogP) is 2.55. The Morgan fingerprint density at radius 1 is 1.20 bits per heavy atom. The Bertz CT molecular complexity index is 808. The molecule has 3 aromatic rings. The highest BCUT2D eigenvalue weighted by molar-refractivity contribution is 5.78. The molecule has 3 rings (SSSR count). The van der Waals surface area contributed by atoms with Crippen molar-refractivity contribution in [3.8, 4) is 0 Å². The summed E-state index contributed by atoms with van der Waals surface area (Å²) in [5.41, 5.74) is 3.10. The van der Waals surface area contributed by atoms with Crippen LogP contribution in [0.3, 0.4) is 0 Å². The van der Waals surface area contributed by atoms with E-state index in [0.29, 0.717) is 6.54 Å². The molecule has 0 amide bonds. The first kappa shape index (κ1) is 12.4. The zero-order chi connectivity index (χ0) is 13.9. The Kier molecular flexibility index (Phi) is 3.21. The molecular weight excluding hydrogens is 250 g/mol. The topological polar surface area (TPSA) is 46.9 Å². The van der Waals surface area contributed by atoms with Crippen molar-refractivity contribution in [1.82, 2.24) is 9.55 Å². The summed E-state index contributed by atoms with van der Waals surface area (Å²) in [5, 5.41) is 4.45. The van der Waals surface area contributed by atoms with Crippen LogP contribution in [-0.4, -0.2) is 9.55 Å². The number of anilines is 1. The van der Waals surface area contributed by atoms with E-state index in [0.717, 1.165) is 16.6 Å². The lowest BCUT2D eigenvalue weighted by Crippen LogP contribution is -2.15. The normalized spacial score (nSPS) is 10.7. The zero-order valence-corrected chi connectivity index (χ0v) is 11.2. The molecule has 100 valence electrons. The van der Waals surface area contributed by atoms with Crippen molar-refractivity contribution in [2.24, 2.45) is 7.05 Å². The smallest absolute Gasteiger partial charge is 0.250 e. The molecule has 0 unspecified atom stereocenters. The number of nitrogens with zero attached hydrogens (tertiary/aromatic N) is 2. The van der Waals surface area contributed by atoms with Crippen molar-refractivity contribution in [3.63, 3.8) is 0 Å². The van der Waals surface area contributed by atoms with Crippen LogP contribution in [0.2, 0.25) is 0 Å². The molecule has 1 aromatic carbocycles. The van der Waals surface area contributed by atoms with Crippen molar-refractivity contribution in [1.29, 1.82) is 0 Å². The second-order valence-electron chi connectivity index (χ2n) is 4.75. The minimum absolute atomic E-state index is 0.00710. The van der Waals surface area contributed by atoms with Crippen LogP contribution in [0.25, 0.3) is 10.9 Å². The Morgan fingerprint density at radius 2 is 2.10 bits per heavy atom. The second-order valence-corrected chi connectivity index (χ2v) is 4.75. The molecule has 0 fully saturated rings. The Morgan fingerprint density at radius 3 is 2.95 bits per heavy atom. The Labute approximate surface area is 116 Å². The van der Waals surface area contributed by atoms with Crippen LogP contribution < -0.4 is 10.9 Å². The molecule has 20 heavy (non-hydrogen) atoms. The molecule has 0 atom stereocenters. The van der Waals surface area contributed by atoms with Crippen LogP contribution >= 0.6 is 0 Å². The number of hydrogen-bond donors (Lipinski definition) is 1. The van der Waals surface area contributed by atoms with Gasteiger partial charge in [0.1, 0.15) is 0 Å². The molecule has 0 bridgehead atoms. The monoisotopic (exact) mass is 265 g/mol. The number of hydrogen-bond acceptors (Lipinski definition) is 3. The molecule has 0 radical (unpaired) electrons. The van der Waals surface area contributed by atoms with E-state index in [1.807, 2.05) is 12.1 Å². The van der Waals surface area contributed by atoms with E-state index in [1.165, 1.54) is 5.56 Å². The number of nitrogens with one attached hydrogen (secondary N) is 1. The van der Waals surface area contributed by atoms with E-state index in [4.69, 9.17) is 0 Å². The van der Waals surface area contributed by atoms with Crippen molar-refractivity contribution in [2.45, 2.75) is 6.54 Å². The van der Waals surface area contributed by atoms with Gasteiger partial charge in [0, 0.05) is 37.4 Å². The van der Waals surface area contributed by atoms with Gasteiger partial charge in [-0.2, -0.15) is 0 Å². The van der Waals surface area contributed by atoms with E-state index in [-0.39, 0.29) is 5.56 Å². The van der Waals surface area contributed by atoms with Crippen LogP contribution in [0.15, 0.2) is 59.7 Å². The van der Waals surface area contributed by atoms with Crippen LogP contribution in [-0.2, 0) is 13.6 Å². The number of aromatic nitrogens is 2. The molecule has 4 heteroatoms. The second kappa shape index (κ2) is 5.17. The van der Waals surface area contributed by atoms with Gasteiger partial charge in [-0.15, -0.1) is 0 Å². The van der Waals surface area contributed by atoms with Gasteiger partial charge in [0.05, 0.1) is 11.2 Å². The molecule has 0 aliphatic heterocycles. The summed E-state index contributed by atoms with van der Waals surface area (Å²) in [6, 6.07) is 13.6. The number of aryl methyl sites for hydroxylation is 1. The molecule has 0 saturated heterocycles. The fraction of sp³-hybridized carbons (Fsp3) is 0.125. The summed E-state index contributed by atoms with van der Waals surface area (Å²) >= 11 is 0. The summed E-state index contributed by atoms with van der Waals surface area (Å²) in [6.07, 6.45) is 3.59. The fourth-order valence-corrected chi connectivity index (χ4v) is 2.14. The van der Waals surface area contributed by atoms with Gasteiger partial charge in [-0.3, -0.25) is 9.78 Å². The number of pyridine rings is 2. The minimum Gasteiger partial charge on any atom is -0.380 e. The van der Waals surface area contributed by atoms with E-state index in [9.17, 15) is 4.79 Å². The van der Waals surface area contributed by atoms with Crippen molar-refractivity contribution >= 4 is 16.6 Å². The third-order valence-corrected chi connectivity index (χ3v) is 3.25. The number of rotatable bonds is 3. The lowest BCUT2D eigenvalue weighted by atomic mass is 10.1. The fourth-order valence-electron chi connectivity index (χ4n) is 2.14. The maximum Gasteiger partial charge on any atom is 0.250 e. The van der Waals surface area contributed by atoms with Crippen LogP contribution in [0, 0.1) is 0 Å². The first-order chi connectivity index (χ1) is 9.72. The third-order valence-electron chi connectivity index (χ3n) is 3.25. The third kappa shape index (κ3) is 2.54. The molecular formula is C16H15N3O. The van der Waals surface area contributed by atoms with Crippen molar-refractivity contribution in [3.05, 3.63) is 70.8 Å². The molecule has 4 nitrogen and oxygen atoms in total. The molecule has 0 aliphatic rings. The van der Waals surface area contributed by atoms with Gasteiger partial charge in [-0.25, -0.2) is 0 Å². The van der Waals surface area contributed by atoms with E-state index in [1.54, 1.807) is 36.1 Å². The minimum atomic E-state index is -0.00710. The van der Waals surface area contributed by atoms with E-state index in [2.05, 4.69) is 28.5 Å². The molecule has 1 N–H and O–H groups in total. The summed E-state index contributed by atoms with van der Waals surface area (Å²) in [7, 11) is 1.75. The van der Waals surface area contributed by atoms with Crippen LogP contribution in [0.4, 0.5) is 5.69 Å². The Hall–Kier alpha value is -2.62. The van der Waals surface area contributed by atoms with E-state index < -0.39 is 0 Å². The summed E-state index contributed by atoms with van der Waals surface area (Å²) < 4.78 is 1.56. The number of benzene rings is 1. The van der Waals surface area contributed by atoms with Gasteiger partial charge in [0.15, 0.2) is 0 Å². The highest BCUT2D eigenvalue weighted by Crippen LogP contribution is 2.14. The first-order valence-corrected chi connectivity index (χ1v) is 6.46. The van der Waals surface area contributed by atoms with E-state index >= 15 is 0 Å². The van der Waals surface area contributed by atoms with Gasteiger partial charge in [-0.05, 0) is 29.8 Å². The number of fused-ring (bicyclic) bond motifs is 1. The standard InChI is InChI=1S/C16H15N3O/c1-19-11-14(5-7-16(19)20)18-10-12-4-6-15-13(9-12)3-2-8-17-15/h2-9,11,18H,10H2,1H3. The molecule has 2 heterocycles. The van der Waals surface area contributed by atoms with Crippen LogP contribution in [0.5, 0.6) is 0 Å². The first-order valence-electron chi connectivity index (χ1n) is 6.46. The van der Waals surface area contributed by atoms with Crippen LogP contribution in [0.1, 0.15) is 5.56 Å².